The lowest BCUT2D eigenvalue weighted by atomic mass is 9.96. The third-order valence-electron chi connectivity index (χ3n) is 4.86. The number of rotatable bonds is 5. The fourth-order valence-corrected chi connectivity index (χ4v) is 3.61. The minimum atomic E-state index is -0.403. The van der Waals surface area contributed by atoms with Gasteiger partial charge in [-0.25, -0.2) is 0 Å². The summed E-state index contributed by atoms with van der Waals surface area (Å²) in [7, 11) is 1.48. The third kappa shape index (κ3) is 3.96. The Kier molecular flexibility index (Phi) is 5.52. The highest BCUT2D eigenvalue weighted by Crippen LogP contribution is 2.33. The van der Waals surface area contributed by atoms with Gasteiger partial charge in [-0.15, -0.1) is 0 Å². The van der Waals surface area contributed by atoms with E-state index < -0.39 is 4.92 Å². The monoisotopic (exact) mass is 335 g/mol. The van der Waals surface area contributed by atoms with Crippen LogP contribution in [-0.2, 0) is 4.74 Å². The zero-order chi connectivity index (χ0) is 16.9. The second kappa shape index (κ2) is 7.81. The number of ether oxygens (including phenoxy) is 2. The third-order valence-corrected chi connectivity index (χ3v) is 4.86. The van der Waals surface area contributed by atoms with Gasteiger partial charge in [0.15, 0.2) is 5.75 Å². The van der Waals surface area contributed by atoms with Crippen molar-refractivity contribution in [1.82, 2.24) is 4.90 Å². The van der Waals surface area contributed by atoms with Gasteiger partial charge in [-0.05, 0) is 24.8 Å². The molecule has 0 amide bonds. The van der Waals surface area contributed by atoms with E-state index in [9.17, 15) is 10.1 Å². The van der Waals surface area contributed by atoms with Crippen molar-refractivity contribution in [2.24, 2.45) is 5.92 Å². The smallest absolute Gasteiger partial charge is 0.311 e. The lowest BCUT2D eigenvalue weighted by Crippen LogP contribution is -2.44. The summed E-state index contributed by atoms with van der Waals surface area (Å²) in [5.74, 6) is 0.950. The van der Waals surface area contributed by atoms with E-state index >= 15 is 0 Å². The minimum Gasteiger partial charge on any atom is -0.490 e. The first-order valence-electron chi connectivity index (χ1n) is 8.55. The number of hydrogen-bond donors (Lipinski definition) is 0. The topological polar surface area (TPSA) is 68.1 Å². The number of nitro benzene ring substituents is 1. The van der Waals surface area contributed by atoms with E-state index in [0.29, 0.717) is 11.7 Å². The molecule has 0 aromatic heterocycles. The van der Waals surface area contributed by atoms with E-state index in [1.807, 2.05) is 6.07 Å². The summed E-state index contributed by atoms with van der Waals surface area (Å²) in [6.45, 7) is 6.76. The van der Waals surface area contributed by atoms with Gasteiger partial charge in [-0.2, -0.15) is 0 Å². The zero-order valence-corrected chi connectivity index (χ0v) is 14.1. The molecule has 7 heteroatoms. The maximum atomic E-state index is 11.0. The number of methoxy groups -OCH3 is 1. The average Bonchev–Trinajstić information content (AvgIpc) is 2.62. The standard InChI is InChI=1S/C17H25N3O4/c1-23-17-11-15(4-5-16(17)20(21)22)19-6-2-3-14(13-19)12-18-7-9-24-10-8-18/h4-5,11,14H,2-3,6-10,12-13H2,1H3. The van der Waals surface area contributed by atoms with Gasteiger partial charge in [0, 0.05) is 50.5 Å². The van der Waals surface area contributed by atoms with E-state index in [4.69, 9.17) is 9.47 Å². The highest BCUT2D eigenvalue weighted by Gasteiger charge is 2.25. The molecule has 1 aromatic rings. The van der Waals surface area contributed by atoms with Crippen LogP contribution in [-0.4, -0.2) is 62.9 Å². The molecule has 2 aliphatic rings. The number of piperidine rings is 1. The van der Waals surface area contributed by atoms with Crippen molar-refractivity contribution in [2.75, 3.05) is 57.9 Å². The summed E-state index contributed by atoms with van der Waals surface area (Å²) in [5.41, 5.74) is 1.02. The molecule has 132 valence electrons. The molecular weight excluding hydrogens is 310 g/mol. The lowest BCUT2D eigenvalue weighted by molar-refractivity contribution is -0.385. The molecule has 0 spiro atoms. The molecule has 1 aromatic carbocycles. The molecule has 2 saturated heterocycles. The van der Waals surface area contributed by atoms with Crippen molar-refractivity contribution in [3.8, 4) is 5.75 Å². The fraction of sp³-hybridized carbons (Fsp3) is 0.647. The van der Waals surface area contributed by atoms with E-state index in [-0.39, 0.29) is 5.69 Å². The van der Waals surface area contributed by atoms with E-state index in [1.54, 1.807) is 12.1 Å². The Labute approximate surface area is 142 Å². The van der Waals surface area contributed by atoms with Gasteiger partial charge in [-0.3, -0.25) is 15.0 Å². The molecule has 1 unspecified atom stereocenters. The van der Waals surface area contributed by atoms with Crippen LogP contribution >= 0.6 is 0 Å². The molecule has 24 heavy (non-hydrogen) atoms. The van der Waals surface area contributed by atoms with Crippen LogP contribution in [0.3, 0.4) is 0 Å². The summed E-state index contributed by atoms with van der Waals surface area (Å²) < 4.78 is 10.6. The first-order valence-corrected chi connectivity index (χ1v) is 8.55. The predicted molar refractivity (Wildman–Crippen MR) is 91.8 cm³/mol. The van der Waals surface area contributed by atoms with Crippen LogP contribution in [0.25, 0.3) is 0 Å². The highest BCUT2D eigenvalue weighted by molar-refractivity contribution is 5.59. The molecule has 0 saturated carbocycles. The molecule has 2 heterocycles. The molecule has 0 aliphatic carbocycles. The Morgan fingerprint density at radius 1 is 1.33 bits per heavy atom. The number of benzene rings is 1. The Hall–Kier alpha value is -1.86. The second-order valence-corrected chi connectivity index (χ2v) is 6.48. The number of nitro groups is 1. The van der Waals surface area contributed by atoms with Gasteiger partial charge >= 0.3 is 5.69 Å². The van der Waals surface area contributed by atoms with Gasteiger partial charge in [0.25, 0.3) is 0 Å². The van der Waals surface area contributed by atoms with Crippen molar-refractivity contribution >= 4 is 11.4 Å². The van der Waals surface area contributed by atoms with Crippen molar-refractivity contribution in [2.45, 2.75) is 12.8 Å². The number of anilines is 1. The quantitative estimate of drug-likeness (QED) is 0.607. The average molecular weight is 335 g/mol. The number of morpholine rings is 1. The summed E-state index contributed by atoms with van der Waals surface area (Å²) in [6.07, 6.45) is 2.38. The molecule has 0 bridgehead atoms. The van der Waals surface area contributed by atoms with Crippen molar-refractivity contribution < 1.29 is 14.4 Å². The van der Waals surface area contributed by atoms with Crippen LogP contribution in [0.15, 0.2) is 18.2 Å². The SMILES string of the molecule is COc1cc(N2CCCC(CN3CCOCC3)C2)ccc1[N+](=O)[O-]. The van der Waals surface area contributed by atoms with Crippen LogP contribution in [0.5, 0.6) is 5.75 Å². The van der Waals surface area contributed by atoms with Crippen LogP contribution in [0, 0.1) is 16.0 Å². The Balaban J connectivity index is 1.66. The molecule has 2 aliphatic heterocycles. The largest absolute Gasteiger partial charge is 0.490 e. The highest BCUT2D eigenvalue weighted by atomic mass is 16.6. The van der Waals surface area contributed by atoms with Crippen LogP contribution in [0.4, 0.5) is 11.4 Å². The molecule has 7 nitrogen and oxygen atoms in total. The molecule has 0 N–H and O–H groups in total. The summed E-state index contributed by atoms with van der Waals surface area (Å²) >= 11 is 0. The van der Waals surface area contributed by atoms with Gasteiger partial charge in [-0.1, -0.05) is 0 Å². The molecule has 0 radical (unpaired) electrons. The van der Waals surface area contributed by atoms with E-state index in [1.165, 1.54) is 13.5 Å². The minimum absolute atomic E-state index is 0.0168. The first kappa shape index (κ1) is 17.0. The first-order chi connectivity index (χ1) is 11.7. The Morgan fingerprint density at radius 3 is 2.83 bits per heavy atom. The maximum absolute atomic E-state index is 11.0. The molecular formula is C17H25N3O4. The Morgan fingerprint density at radius 2 is 2.12 bits per heavy atom. The Bertz CT molecular complexity index is 575. The second-order valence-electron chi connectivity index (χ2n) is 6.48. The molecule has 3 rings (SSSR count). The lowest BCUT2D eigenvalue weighted by Gasteiger charge is -2.38. The summed E-state index contributed by atoms with van der Waals surface area (Å²) in [4.78, 5) is 15.4. The van der Waals surface area contributed by atoms with Gasteiger partial charge in [0.1, 0.15) is 0 Å². The number of hydrogen-bond acceptors (Lipinski definition) is 6. The fourth-order valence-electron chi connectivity index (χ4n) is 3.61. The van der Waals surface area contributed by atoms with Crippen molar-refractivity contribution in [3.63, 3.8) is 0 Å². The molecule has 1 atom stereocenters. The van der Waals surface area contributed by atoms with Crippen molar-refractivity contribution in [3.05, 3.63) is 28.3 Å². The maximum Gasteiger partial charge on any atom is 0.311 e. The number of nitrogens with zero attached hydrogens (tertiary/aromatic N) is 3. The van der Waals surface area contributed by atoms with E-state index in [0.717, 1.165) is 58.0 Å². The predicted octanol–water partition coefficient (Wildman–Crippen LogP) is 2.15. The van der Waals surface area contributed by atoms with Gasteiger partial charge in [0.05, 0.1) is 25.2 Å². The normalized spacial score (nSPS) is 22.4. The van der Waals surface area contributed by atoms with E-state index in [2.05, 4.69) is 9.80 Å². The van der Waals surface area contributed by atoms with Crippen LogP contribution in [0.2, 0.25) is 0 Å². The van der Waals surface area contributed by atoms with Crippen molar-refractivity contribution in [1.29, 1.82) is 0 Å². The van der Waals surface area contributed by atoms with Gasteiger partial charge in [0.2, 0.25) is 0 Å². The summed E-state index contributed by atoms with van der Waals surface area (Å²) in [5, 5.41) is 11.0. The van der Waals surface area contributed by atoms with Crippen LogP contribution in [0.1, 0.15) is 12.8 Å². The molecule has 2 fully saturated rings. The van der Waals surface area contributed by atoms with Crippen LogP contribution < -0.4 is 9.64 Å². The zero-order valence-electron chi connectivity index (χ0n) is 14.1. The summed E-state index contributed by atoms with van der Waals surface area (Å²) in [6, 6.07) is 5.16. The van der Waals surface area contributed by atoms with Gasteiger partial charge < -0.3 is 14.4 Å².